The second-order valence-corrected chi connectivity index (χ2v) is 6.21. The number of nitrogens with zero attached hydrogens (tertiary/aromatic N) is 1. The van der Waals surface area contributed by atoms with Crippen LogP contribution in [0, 0.1) is 13.8 Å². The molecule has 4 nitrogen and oxygen atoms in total. The first-order chi connectivity index (χ1) is 10.1. The lowest BCUT2D eigenvalue weighted by Gasteiger charge is -2.31. The average molecular weight is 292 g/mol. The zero-order valence-corrected chi connectivity index (χ0v) is 13.6. The molecule has 0 saturated heterocycles. The van der Waals surface area contributed by atoms with Crippen molar-refractivity contribution >= 4 is 5.91 Å². The van der Waals surface area contributed by atoms with Gasteiger partial charge in [-0.15, -0.1) is 0 Å². The van der Waals surface area contributed by atoms with Crippen LogP contribution in [0.3, 0.4) is 0 Å². The maximum atomic E-state index is 12.0. The van der Waals surface area contributed by atoms with Gasteiger partial charge in [0.25, 0.3) is 5.91 Å². The molecular formula is C17H28N2O2. The van der Waals surface area contributed by atoms with E-state index in [4.69, 9.17) is 4.42 Å². The van der Waals surface area contributed by atoms with Gasteiger partial charge in [0, 0.05) is 12.6 Å². The standard InChI is InChI=1S/C17H28N2O2/c1-13-12-16(14(2)21-13)17(20)18-10-7-11-19(3)15-8-5-4-6-9-15/h12,15H,4-11H2,1-3H3,(H,18,20). The molecular weight excluding hydrogens is 264 g/mol. The first kappa shape index (κ1) is 16.1. The fourth-order valence-corrected chi connectivity index (χ4v) is 3.19. The highest BCUT2D eigenvalue weighted by Gasteiger charge is 2.17. The van der Waals surface area contributed by atoms with Crippen molar-refractivity contribution in [2.45, 2.75) is 58.4 Å². The molecule has 0 aromatic carbocycles. The maximum Gasteiger partial charge on any atom is 0.254 e. The quantitative estimate of drug-likeness (QED) is 0.818. The zero-order valence-electron chi connectivity index (χ0n) is 13.6. The highest BCUT2D eigenvalue weighted by atomic mass is 16.3. The van der Waals surface area contributed by atoms with Crippen molar-refractivity contribution in [1.29, 1.82) is 0 Å². The Balaban J connectivity index is 1.67. The van der Waals surface area contributed by atoms with E-state index in [1.54, 1.807) is 6.07 Å². The number of amides is 1. The SMILES string of the molecule is Cc1cc(C(=O)NCCCN(C)C2CCCCC2)c(C)o1. The second-order valence-electron chi connectivity index (χ2n) is 6.21. The van der Waals surface area contributed by atoms with Crippen molar-refractivity contribution in [1.82, 2.24) is 10.2 Å². The molecule has 1 fully saturated rings. The molecule has 0 atom stereocenters. The van der Waals surface area contributed by atoms with Gasteiger partial charge < -0.3 is 14.6 Å². The fraction of sp³-hybridized carbons (Fsp3) is 0.706. The van der Waals surface area contributed by atoms with E-state index in [1.165, 1.54) is 32.1 Å². The Morgan fingerprint density at radius 3 is 2.67 bits per heavy atom. The third-order valence-electron chi connectivity index (χ3n) is 4.46. The molecule has 0 aliphatic heterocycles. The van der Waals surface area contributed by atoms with Crippen LogP contribution in [0.2, 0.25) is 0 Å². The zero-order chi connectivity index (χ0) is 15.2. The van der Waals surface area contributed by atoms with Crippen molar-refractivity contribution in [3.8, 4) is 0 Å². The van der Waals surface area contributed by atoms with E-state index < -0.39 is 0 Å². The number of carbonyl (C=O) groups excluding carboxylic acids is 1. The molecule has 1 aromatic rings. The first-order valence-electron chi connectivity index (χ1n) is 8.13. The van der Waals surface area contributed by atoms with Crippen LogP contribution in [-0.4, -0.2) is 37.0 Å². The Labute approximate surface area is 127 Å². The average Bonchev–Trinajstić information content (AvgIpc) is 2.83. The lowest BCUT2D eigenvalue weighted by Crippen LogP contribution is -2.35. The second kappa shape index (κ2) is 7.64. The van der Waals surface area contributed by atoms with Crippen LogP contribution in [0.4, 0.5) is 0 Å². The highest BCUT2D eigenvalue weighted by molar-refractivity contribution is 5.95. The van der Waals surface area contributed by atoms with Gasteiger partial charge in [-0.3, -0.25) is 4.79 Å². The van der Waals surface area contributed by atoms with Crippen LogP contribution in [0.15, 0.2) is 10.5 Å². The minimum Gasteiger partial charge on any atom is -0.466 e. The lowest BCUT2D eigenvalue weighted by molar-refractivity contribution is 0.0949. The number of hydrogen-bond acceptors (Lipinski definition) is 3. The molecule has 1 aliphatic rings. The van der Waals surface area contributed by atoms with Gasteiger partial charge in [-0.2, -0.15) is 0 Å². The van der Waals surface area contributed by atoms with Crippen molar-refractivity contribution < 1.29 is 9.21 Å². The Hall–Kier alpha value is -1.29. The molecule has 1 aromatic heterocycles. The van der Waals surface area contributed by atoms with Crippen molar-refractivity contribution in [2.24, 2.45) is 0 Å². The molecule has 0 spiro atoms. The normalized spacial score (nSPS) is 16.4. The van der Waals surface area contributed by atoms with Crippen LogP contribution >= 0.6 is 0 Å². The fourth-order valence-electron chi connectivity index (χ4n) is 3.19. The van der Waals surface area contributed by atoms with Crippen molar-refractivity contribution in [3.05, 3.63) is 23.2 Å². The number of furan rings is 1. The van der Waals surface area contributed by atoms with E-state index in [9.17, 15) is 4.79 Å². The maximum absolute atomic E-state index is 12.0. The van der Waals surface area contributed by atoms with E-state index in [0.717, 1.165) is 31.3 Å². The summed E-state index contributed by atoms with van der Waals surface area (Å²) in [4.78, 5) is 14.5. The topological polar surface area (TPSA) is 45.5 Å². The molecule has 1 heterocycles. The smallest absolute Gasteiger partial charge is 0.254 e. The van der Waals surface area contributed by atoms with Gasteiger partial charge in [0.2, 0.25) is 0 Å². The molecule has 1 N–H and O–H groups in total. The molecule has 0 radical (unpaired) electrons. The Morgan fingerprint density at radius 2 is 2.05 bits per heavy atom. The predicted octanol–water partition coefficient (Wildman–Crippen LogP) is 3.28. The van der Waals surface area contributed by atoms with Crippen LogP contribution in [0.5, 0.6) is 0 Å². The number of nitrogens with one attached hydrogen (secondary N) is 1. The van der Waals surface area contributed by atoms with E-state index in [1.807, 2.05) is 13.8 Å². The lowest BCUT2D eigenvalue weighted by atomic mass is 9.94. The van der Waals surface area contributed by atoms with Gasteiger partial charge in [0.05, 0.1) is 5.56 Å². The summed E-state index contributed by atoms with van der Waals surface area (Å²) in [6, 6.07) is 2.55. The minimum atomic E-state index is -0.0235. The molecule has 1 saturated carbocycles. The number of hydrogen-bond donors (Lipinski definition) is 1. The van der Waals surface area contributed by atoms with Gasteiger partial charge in [0.1, 0.15) is 11.5 Å². The summed E-state index contributed by atoms with van der Waals surface area (Å²) in [6.45, 7) is 5.47. The minimum absolute atomic E-state index is 0.0235. The van der Waals surface area contributed by atoms with E-state index in [0.29, 0.717) is 11.3 Å². The van der Waals surface area contributed by atoms with E-state index in [2.05, 4.69) is 17.3 Å². The van der Waals surface area contributed by atoms with Crippen molar-refractivity contribution in [2.75, 3.05) is 20.1 Å². The summed E-state index contributed by atoms with van der Waals surface area (Å²) in [5.74, 6) is 1.46. The Morgan fingerprint density at radius 1 is 1.33 bits per heavy atom. The van der Waals surface area contributed by atoms with Gasteiger partial charge in [-0.05, 0) is 52.8 Å². The Bertz CT molecular complexity index is 461. The van der Waals surface area contributed by atoms with Crippen molar-refractivity contribution in [3.63, 3.8) is 0 Å². The molecule has 0 unspecified atom stereocenters. The summed E-state index contributed by atoms with van der Waals surface area (Å²) < 4.78 is 5.39. The summed E-state index contributed by atoms with van der Waals surface area (Å²) in [5.41, 5.74) is 0.660. The van der Waals surface area contributed by atoms with E-state index in [-0.39, 0.29) is 5.91 Å². The van der Waals surface area contributed by atoms with Gasteiger partial charge >= 0.3 is 0 Å². The summed E-state index contributed by atoms with van der Waals surface area (Å²) >= 11 is 0. The number of carbonyl (C=O) groups is 1. The molecule has 118 valence electrons. The molecule has 1 amide bonds. The molecule has 2 rings (SSSR count). The first-order valence-corrected chi connectivity index (χ1v) is 8.13. The summed E-state index contributed by atoms with van der Waals surface area (Å²) in [7, 11) is 2.21. The highest BCUT2D eigenvalue weighted by Crippen LogP contribution is 2.21. The summed E-state index contributed by atoms with van der Waals surface area (Å²) in [6.07, 6.45) is 7.78. The van der Waals surface area contributed by atoms with Crippen LogP contribution < -0.4 is 5.32 Å². The number of rotatable bonds is 6. The van der Waals surface area contributed by atoms with E-state index >= 15 is 0 Å². The van der Waals surface area contributed by atoms with Gasteiger partial charge in [0.15, 0.2) is 0 Å². The molecule has 1 aliphatic carbocycles. The van der Waals surface area contributed by atoms with Gasteiger partial charge in [-0.1, -0.05) is 19.3 Å². The molecule has 0 bridgehead atoms. The largest absolute Gasteiger partial charge is 0.466 e. The number of aryl methyl sites for hydroxylation is 2. The van der Waals surface area contributed by atoms with Crippen LogP contribution in [0.25, 0.3) is 0 Å². The third-order valence-corrected chi connectivity index (χ3v) is 4.46. The predicted molar refractivity (Wildman–Crippen MR) is 84.6 cm³/mol. The van der Waals surface area contributed by atoms with Crippen LogP contribution in [0.1, 0.15) is 60.4 Å². The van der Waals surface area contributed by atoms with Gasteiger partial charge in [-0.25, -0.2) is 0 Å². The molecule has 21 heavy (non-hydrogen) atoms. The Kier molecular flexibility index (Phi) is 5.85. The van der Waals surface area contributed by atoms with Crippen LogP contribution in [-0.2, 0) is 0 Å². The summed E-state index contributed by atoms with van der Waals surface area (Å²) in [5, 5.41) is 2.99. The molecule has 4 heteroatoms. The monoisotopic (exact) mass is 292 g/mol. The third kappa shape index (κ3) is 4.60.